The molecule has 134 valence electrons. The lowest BCUT2D eigenvalue weighted by molar-refractivity contribution is -0.123. The fourth-order valence-electron chi connectivity index (χ4n) is 3.36. The second kappa shape index (κ2) is 7.25. The largest absolute Gasteiger partial charge is 0.359 e. The highest BCUT2D eigenvalue weighted by Crippen LogP contribution is 2.39. The maximum absolute atomic E-state index is 12.8. The number of hydrogen-bond acceptors (Lipinski definition) is 5. The van der Waals surface area contributed by atoms with E-state index in [4.69, 9.17) is 4.52 Å². The standard InChI is InChI=1S/C19H26N4O2/c1-5-12(2)20-19(24)16-10-13(3)23(11-18-21-14(4)22-25-18)17-9-7-6-8-15(16)17/h6-9,12-13,16H,5,10-11H2,1-4H3,(H,20,24)/t12-,13+,16-/m0/s1. The Labute approximate surface area is 148 Å². The van der Waals surface area contributed by atoms with E-state index >= 15 is 0 Å². The maximum Gasteiger partial charge on any atom is 0.246 e. The molecule has 0 bridgehead atoms. The third-order valence-electron chi connectivity index (χ3n) is 4.92. The highest BCUT2D eigenvalue weighted by Gasteiger charge is 2.34. The third kappa shape index (κ3) is 3.67. The van der Waals surface area contributed by atoms with E-state index < -0.39 is 0 Å². The molecular weight excluding hydrogens is 316 g/mol. The van der Waals surface area contributed by atoms with Gasteiger partial charge < -0.3 is 14.7 Å². The van der Waals surface area contributed by atoms with E-state index in [1.807, 2.05) is 32.0 Å². The first kappa shape index (κ1) is 17.5. The van der Waals surface area contributed by atoms with Crippen molar-refractivity contribution in [2.45, 2.75) is 65.1 Å². The first-order valence-corrected chi connectivity index (χ1v) is 8.94. The van der Waals surface area contributed by atoms with E-state index in [1.54, 1.807) is 0 Å². The number of carbonyl (C=O) groups excluding carboxylic acids is 1. The van der Waals surface area contributed by atoms with Crippen molar-refractivity contribution < 1.29 is 9.32 Å². The second-order valence-corrected chi connectivity index (χ2v) is 6.88. The molecule has 3 atom stereocenters. The number of para-hydroxylation sites is 1. The molecule has 1 aliphatic rings. The average Bonchev–Trinajstić information content (AvgIpc) is 3.02. The van der Waals surface area contributed by atoms with Crippen molar-refractivity contribution in [3.63, 3.8) is 0 Å². The maximum atomic E-state index is 12.8. The Balaban J connectivity index is 1.88. The Bertz CT molecular complexity index is 743. The van der Waals surface area contributed by atoms with Gasteiger partial charge in [0.2, 0.25) is 11.8 Å². The van der Waals surface area contributed by atoms with E-state index in [-0.39, 0.29) is 23.9 Å². The van der Waals surface area contributed by atoms with Crippen LogP contribution < -0.4 is 10.2 Å². The molecule has 0 saturated carbocycles. The quantitative estimate of drug-likeness (QED) is 0.903. The van der Waals surface area contributed by atoms with Gasteiger partial charge in [-0.15, -0.1) is 0 Å². The molecule has 2 heterocycles. The number of benzene rings is 1. The van der Waals surface area contributed by atoms with Crippen LogP contribution in [-0.2, 0) is 11.3 Å². The monoisotopic (exact) mass is 342 g/mol. The summed E-state index contributed by atoms with van der Waals surface area (Å²) in [5.41, 5.74) is 2.14. The van der Waals surface area contributed by atoms with Gasteiger partial charge in [-0.3, -0.25) is 4.79 Å². The molecule has 1 N–H and O–H groups in total. The van der Waals surface area contributed by atoms with Crippen LogP contribution in [0.25, 0.3) is 0 Å². The predicted molar refractivity (Wildman–Crippen MR) is 96.4 cm³/mol. The molecule has 1 aromatic carbocycles. The molecule has 0 radical (unpaired) electrons. The molecule has 1 aromatic heterocycles. The zero-order valence-electron chi connectivity index (χ0n) is 15.3. The summed E-state index contributed by atoms with van der Waals surface area (Å²) in [5, 5.41) is 7.00. The summed E-state index contributed by atoms with van der Waals surface area (Å²) in [6.45, 7) is 8.63. The number of anilines is 1. The second-order valence-electron chi connectivity index (χ2n) is 6.88. The van der Waals surface area contributed by atoms with Crippen LogP contribution in [0, 0.1) is 6.92 Å². The number of aromatic nitrogens is 2. The number of hydrogen-bond donors (Lipinski definition) is 1. The van der Waals surface area contributed by atoms with Crippen molar-refractivity contribution >= 4 is 11.6 Å². The van der Waals surface area contributed by atoms with Gasteiger partial charge >= 0.3 is 0 Å². The fourth-order valence-corrected chi connectivity index (χ4v) is 3.36. The van der Waals surface area contributed by atoms with E-state index in [0.29, 0.717) is 18.3 Å². The average molecular weight is 342 g/mol. The Kier molecular flexibility index (Phi) is 5.06. The van der Waals surface area contributed by atoms with Gasteiger partial charge in [-0.25, -0.2) is 0 Å². The number of aryl methyl sites for hydroxylation is 1. The van der Waals surface area contributed by atoms with Crippen LogP contribution in [0.4, 0.5) is 5.69 Å². The number of nitrogens with one attached hydrogen (secondary N) is 1. The Morgan fingerprint density at radius 2 is 2.20 bits per heavy atom. The fraction of sp³-hybridized carbons (Fsp3) is 0.526. The Morgan fingerprint density at radius 1 is 1.44 bits per heavy atom. The van der Waals surface area contributed by atoms with E-state index in [1.165, 1.54) is 0 Å². The smallest absolute Gasteiger partial charge is 0.246 e. The van der Waals surface area contributed by atoms with Crippen LogP contribution in [0.5, 0.6) is 0 Å². The molecule has 0 aliphatic carbocycles. The molecule has 1 aliphatic heterocycles. The zero-order valence-corrected chi connectivity index (χ0v) is 15.3. The molecule has 3 rings (SSSR count). The van der Waals surface area contributed by atoms with Crippen molar-refractivity contribution in [2.75, 3.05) is 4.90 Å². The van der Waals surface area contributed by atoms with Crippen molar-refractivity contribution in [3.8, 4) is 0 Å². The van der Waals surface area contributed by atoms with Gasteiger partial charge in [0.05, 0.1) is 12.5 Å². The van der Waals surface area contributed by atoms with E-state index in [0.717, 1.165) is 24.1 Å². The summed E-state index contributed by atoms with van der Waals surface area (Å²) in [4.78, 5) is 19.3. The molecule has 0 saturated heterocycles. The van der Waals surface area contributed by atoms with Crippen LogP contribution in [0.15, 0.2) is 28.8 Å². The summed E-state index contributed by atoms with van der Waals surface area (Å²) in [6.07, 6.45) is 1.70. The van der Waals surface area contributed by atoms with Gasteiger partial charge in [0.25, 0.3) is 0 Å². The highest BCUT2D eigenvalue weighted by molar-refractivity contribution is 5.86. The lowest BCUT2D eigenvalue weighted by atomic mass is 9.85. The van der Waals surface area contributed by atoms with Gasteiger partial charge in [-0.1, -0.05) is 30.3 Å². The molecular formula is C19H26N4O2. The first-order valence-electron chi connectivity index (χ1n) is 8.94. The molecule has 0 fully saturated rings. The Hall–Kier alpha value is -2.37. The van der Waals surface area contributed by atoms with Crippen LogP contribution in [-0.4, -0.2) is 28.1 Å². The summed E-state index contributed by atoms with van der Waals surface area (Å²) in [5.74, 6) is 1.23. The van der Waals surface area contributed by atoms with Crippen molar-refractivity contribution in [2.24, 2.45) is 0 Å². The van der Waals surface area contributed by atoms with Crippen molar-refractivity contribution in [1.82, 2.24) is 15.5 Å². The van der Waals surface area contributed by atoms with Gasteiger partial charge in [0, 0.05) is 17.8 Å². The summed E-state index contributed by atoms with van der Waals surface area (Å²) in [6, 6.07) is 8.51. The molecule has 2 aromatic rings. The molecule has 1 amide bonds. The van der Waals surface area contributed by atoms with Crippen LogP contribution in [0.1, 0.15) is 56.8 Å². The van der Waals surface area contributed by atoms with Crippen molar-refractivity contribution in [3.05, 3.63) is 41.5 Å². The van der Waals surface area contributed by atoms with Gasteiger partial charge in [0.15, 0.2) is 5.82 Å². The minimum absolute atomic E-state index is 0.113. The molecule has 6 heteroatoms. The summed E-state index contributed by atoms with van der Waals surface area (Å²) in [7, 11) is 0. The summed E-state index contributed by atoms with van der Waals surface area (Å²) < 4.78 is 5.29. The molecule has 25 heavy (non-hydrogen) atoms. The van der Waals surface area contributed by atoms with Crippen LogP contribution >= 0.6 is 0 Å². The van der Waals surface area contributed by atoms with Gasteiger partial charge in [0.1, 0.15) is 0 Å². The third-order valence-corrected chi connectivity index (χ3v) is 4.92. The van der Waals surface area contributed by atoms with E-state index in [9.17, 15) is 4.79 Å². The lowest BCUT2D eigenvalue weighted by Crippen LogP contribution is -2.44. The topological polar surface area (TPSA) is 71.3 Å². The zero-order chi connectivity index (χ0) is 18.0. The predicted octanol–water partition coefficient (Wildman–Crippen LogP) is 3.18. The lowest BCUT2D eigenvalue weighted by Gasteiger charge is -2.39. The highest BCUT2D eigenvalue weighted by atomic mass is 16.5. The van der Waals surface area contributed by atoms with Crippen LogP contribution in [0.2, 0.25) is 0 Å². The first-order chi connectivity index (χ1) is 12.0. The molecule has 0 unspecified atom stereocenters. The summed E-state index contributed by atoms with van der Waals surface area (Å²) >= 11 is 0. The molecule has 6 nitrogen and oxygen atoms in total. The van der Waals surface area contributed by atoms with Gasteiger partial charge in [-0.2, -0.15) is 4.98 Å². The minimum atomic E-state index is -0.124. The SMILES string of the molecule is CC[C@H](C)NC(=O)[C@H]1C[C@@H](C)N(Cc2nc(C)no2)c2ccccc21. The molecule has 0 spiro atoms. The number of nitrogens with zero attached hydrogens (tertiary/aromatic N) is 3. The van der Waals surface area contributed by atoms with Crippen LogP contribution in [0.3, 0.4) is 0 Å². The van der Waals surface area contributed by atoms with E-state index in [2.05, 4.69) is 40.3 Å². The normalized spacial score (nSPS) is 20.9. The number of amides is 1. The number of fused-ring (bicyclic) bond motifs is 1. The number of carbonyl (C=O) groups is 1. The number of rotatable bonds is 5. The minimum Gasteiger partial charge on any atom is -0.359 e. The van der Waals surface area contributed by atoms with Gasteiger partial charge in [-0.05, 0) is 45.2 Å². The van der Waals surface area contributed by atoms with Crippen molar-refractivity contribution in [1.29, 1.82) is 0 Å². The Morgan fingerprint density at radius 3 is 2.88 bits per heavy atom.